The molecular formula is C13H18ClNO2. The Morgan fingerprint density at radius 2 is 2.12 bits per heavy atom. The number of esters is 1. The van der Waals surface area contributed by atoms with Gasteiger partial charge in [0, 0.05) is 6.04 Å². The Balaban J connectivity index is 0.00000144. The number of carbonyl (C=O) groups is 1. The average Bonchev–Trinajstić information content (AvgIpc) is 3.12. The number of halogens is 1. The summed E-state index contributed by atoms with van der Waals surface area (Å²) in [5.74, 6) is 0.447. The lowest BCUT2D eigenvalue weighted by atomic mass is 9.97. The largest absolute Gasteiger partial charge is 0.465 e. The lowest BCUT2D eigenvalue weighted by molar-refractivity contribution is 0.0598. The summed E-state index contributed by atoms with van der Waals surface area (Å²) in [6.45, 7) is 0. The van der Waals surface area contributed by atoms with Crippen molar-refractivity contribution in [2.24, 2.45) is 11.7 Å². The number of ether oxygens (including phenoxy) is 1. The van der Waals surface area contributed by atoms with Crippen LogP contribution in [0.25, 0.3) is 0 Å². The number of hydrogen-bond acceptors (Lipinski definition) is 3. The highest BCUT2D eigenvalue weighted by Crippen LogP contribution is 2.37. The highest BCUT2D eigenvalue weighted by Gasteiger charge is 2.26. The van der Waals surface area contributed by atoms with E-state index in [1.807, 2.05) is 18.2 Å². The van der Waals surface area contributed by atoms with Crippen molar-refractivity contribution in [3.63, 3.8) is 0 Å². The molecule has 2 N–H and O–H groups in total. The van der Waals surface area contributed by atoms with Crippen molar-refractivity contribution < 1.29 is 9.53 Å². The number of methoxy groups -OCH3 is 1. The minimum Gasteiger partial charge on any atom is -0.465 e. The zero-order valence-corrected chi connectivity index (χ0v) is 10.7. The van der Waals surface area contributed by atoms with Crippen molar-refractivity contribution in [1.82, 2.24) is 0 Å². The van der Waals surface area contributed by atoms with Crippen molar-refractivity contribution in [2.75, 3.05) is 7.11 Å². The lowest BCUT2D eigenvalue weighted by Gasteiger charge is -2.14. The van der Waals surface area contributed by atoms with Crippen LogP contribution in [0.15, 0.2) is 24.3 Å². The quantitative estimate of drug-likeness (QED) is 0.842. The van der Waals surface area contributed by atoms with E-state index in [1.54, 1.807) is 6.07 Å². The van der Waals surface area contributed by atoms with E-state index in [4.69, 9.17) is 10.5 Å². The number of hydrogen-bond donors (Lipinski definition) is 1. The fourth-order valence-electron chi connectivity index (χ4n) is 1.96. The fraction of sp³-hybridized carbons (Fsp3) is 0.462. The van der Waals surface area contributed by atoms with Crippen LogP contribution < -0.4 is 5.73 Å². The first-order valence-corrected chi connectivity index (χ1v) is 5.65. The molecule has 0 heterocycles. The van der Waals surface area contributed by atoms with Crippen LogP contribution in [-0.2, 0) is 4.74 Å². The molecule has 1 aromatic carbocycles. The second-order valence-corrected chi connectivity index (χ2v) is 4.36. The van der Waals surface area contributed by atoms with Gasteiger partial charge in [-0.1, -0.05) is 31.0 Å². The monoisotopic (exact) mass is 255 g/mol. The maximum atomic E-state index is 11.6. The van der Waals surface area contributed by atoms with Gasteiger partial charge in [0.15, 0.2) is 0 Å². The minimum absolute atomic E-state index is 0. The second-order valence-electron chi connectivity index (χ2n) is 4.36. The molecule has 2 rings (SSSR count). The zero-order chi connectivity index (χ0) is 11.5. The summed E-state index contributed by atoms with van der Waals surface area (Å²) in [6.07, 6.45) is 3.51. The number of nitrogens with two attached hydrogens (primary N) is 1. The van der Waals surface area contributed by atoms with Gasteiger partial charge >= 0.3 is 5.97 Å². The van der Waals surface area contributed by atoms with E-state index in [1.165, 1.54) is 20.0 Å². The summed E-state index contributed by atoms with van der Waals surface area (Å²) in [6, 6.07) is 7.38. The molecule has 0 unspecified atom stereocenters. The Hall–Kier alpha value is -1.06. The standard InChI is InChI=1S/C13H17NO2.ClH/c1-16-13(15)11-5-3-2-4-10(11)12(14)8-9-6-7-9;/h2-5,9,12H,6-8,14H2,1H3;1H/t12-;/m1./s1. The van der Waals surface area contributed by atoms with Crippen LogP contribution in [0.1, 0.15) is 41.2 Å². The van der Waals surface area contributed by atoms with Crippen molar-refractivity contribution in [2.45, 2.75) is 25.3 Å². The highest BCUT2D eigenvalue weighted by molar-refractivity contribution is 5.91. The summed E-state index contributed by atoms with van der Waals surface area (Å²) in [7, 11) is 1.39. The molecule has 4 heteroatoms. The first-order valence-electron chi connectivity index (χ1n) is 5.65. The molecule has 1 saturated carbocycles. The molecule has 0 aromatic heterocycles. The van der Waals surface area contributed by atoms with Gasteiger partial charge in [0.2, 0.25) is 0 Å². The molecule has 1 aromatic rings. The minimum atomic E-state index is -0.304. The second kappa shape index (κ2) is 6.03. The topological polar surface area (TPSA) is 52.3 Å². The maximum Gasteiger partial charge on any atom is 0.338 e. The molecule has 0 amide bonds. The molecule has 0 radical (unpaired) electrons. The molecule has 94 valence electrons. The maximum absolute atomic E-state index is 11.6. The van der Waals surface area contributed by atoms with Crippen molar-refractivity contribution in [3.05, 3.63) is 35.4 Å². The van der Waals surface area contributed by atoms with E-state index in [0.29, 0.717) is 5.56 Å². The van der Waals surface area contributed by atoms with Crippen molar-refractivity contribution in [1.29, 1.82) is 0 Å². The lowest BCUT2D eigenvalue weighted by Crippen LogP contribution is -2.16. The van der Waals surface area contributed by atoms with Gasteiger partial charge in [-0.05, 0) is 24.0 Å². The van der Waals surface area contributed by atoms with Gasteiger partial charge in [-0.3, -0.25) is 0 Å². The van der Waals surface area contributed by atoms with Gasteiger partial charge in [-0.2, -0.15) is 0 Å². The van der Waals surface area contributed by atoms with Gasteiger partial charge in [-0.25, -0.2) is 4.79 Å². The molecule has 0 spiro atoms. The summed E-state index contributed by atoms with van der Waals surface area (Å²) >= 11 is 0. The summed E-state index contributed by atoms with van der Waals surface area (Å²) in [5, 5.41) is 0. The Bertz CT molecular complexity index is 391. The van der Waals surface area contributed by atoms with Crippen LogP contribution in [0, 0.1) is 5.92 Å². The van der Waals surface area contributed by atoms with Crippen LogP contribution in [0.4, 0.5) is 0 Å². The van der Waals surface area contributed by atoms with E-state index in [9.17, 15) is 4.79 Å². The highest BCUT2D eigenvalue weighted by atomic mass is 35.5. The summed E-state index contributed by atoms with van der Waals surface area (Å²) < 4.78 is 4.75. The van der Waals surface area contributed by atoms with Gasteiger partial charge in [0.1, 0.15) is 0 Å². The third kappa shape index (κ3) is 3.45. The van der Waals surface area contributed by atoms with Crippen LogP contribution in [-0.4, -0.2) is 13.1 Å². The first kappa shape index (κ1) is 14.0. The smallest absolute Gasteiger partial charge is 0.338 e. The molecular weight excluding hydrogens is 238 g/mol. The fourth-order valence-corrected chi connectivity index (χ4v) is 1.96. The van der Waals surface area contributed by atoms with Crippen LogP contribution >= 0.6 is 12.4 Å². The van der Waals surface area contributed by atoms with Crippen molar-refractivity contribution >= 4 is 18.4 Å². The third-order valence-corrected chi connectivity index (χ3v) is 3.05. The molecule has 3 nitrogen and oxygen atoms in total. The summed E-state index contributed by atoms with van der Waals surface area (Å²) in [4.78, 5) is 11.6. The Morgan fingerprint density at radius 1 is 1.47 bits per heavy atom. The molecule has 17 heavy (non-hydrogen) atoms. The molecule has 1 aliphatic rings. The predicted molar refractivity (Wildman–Crippen MR) is 69.3 cm³/mol. The normalized spacial score (nSPS) is 15.9. The third-order valence-electron chi connectivity index (χ3n) is 3.05. The average molecular weight is 256 g/mol. The van der Waals surface area contributed by atoms with Gasteiger partial charge in [0.25, 0.3) is 0 Å². The first-order chi connectivity index (χ1) is 7.72. The predicted octanol–water partition coefficient (Wildman–Crippen LogP) is 2.69. The zero-order valence-electron chi connectivity index (χ0n) is 9.89. The van der Waals surface area contributed by atoms with Crippen LogP contribution in [0.2, 0.25) is 0 Å². The van der Waals surface area contributed by atoms with Gasteiger partial charge in [-0.15, -0.1) is 12.4 Å². The molecule has 1 atom stereocenters. The van der Waals surface area contributed by atoms with E-state index >= 15 is 0 Å². The van der Waals surface area contributed by atoms with Gasteiger partial charge < -0.3 is 10.5 Å². The Morgan fingerprint density at radius 3 is 2.71 bits per heavy atom. The SMILES string of the molecule is COC(=O)c1ccccc1[C@H](N)CC1CC1.Cl. The molecule has 0 aliphatic heterocycles. The Kier molecular flexibility index (Phi) is 4.97. The molecule has 1 fully saturated rings. The number of benzene rings is 1. The van der Waals surface area contributed by atoms with Crippen molar-refractivity contribution in [3.8, 4) is 0 Å². The van der Waals surface area contributed by atoms with E-state index in [0.717, 1.165) is 17.9 Å². The van der Waals surface area contributed by atoms with E-state index < -0.39 is 0 Å². The van der Waals surface area contributed by atoms with Gasteiger partial charge in [0.05, 0.1) is 12.7 Å². The number of rotatable bonds is 4. The van der Waals surface area contributed by atoms with Crippen LogP contribution in [0.5, 0.6) is 0 Å². The van der Waals surface area contributed by atoms with E-state index in [2.05, 4.69) is 0 Å². The number of carbonyl (C=O) groups excluding carboxylic acids is 1. The summed E-state index contributed by atoms with van der Waals surface area (Å²) in [5.41, 5.74) is 7.62. The van der Waals surface area contributed by atoms with E-state index in [-0.39, 0.29) is 24.4 Å². The molecule has 1 aliphatic carbocycles. The van der Waals surface area contributed by atoms with Crippen LogP contribution in [0.3, 0.4) is 0 Å². The Labute approximate surface area is 108 Å². The molecule has 0 bridgehead atoms. The molecule has 0 saturated heterocycles.